The van der Waals surface area contributed by atoms with Crippen LogP contribution >= 0.6 is 11.3 Å². The molecule has 0 unspecified atom stereocenters. The van der Waals surface area contributed by atoms with Gasteiger partial charge in [0.2, 0.25) is 5.78 Å². The molecule has 0 saturated carbocycles. The van der Waals surface area contributed by atoms with Crippen molar-refractivity contribution in [3.8, 4) is 0 Å². The largest absolute Gasteiger partial charge is 0.489 e. The molecule has 2 heterocycles. The van der Waals surface area contributed by atoms with Gasteiger partial charge in [0.25, 0.3) is 0 Å². The molecule has 84 valence electrons. The van der Waals surface area contributed by atoms with E-state index in [1.54, 1.807) is 11.3 Å². The maximum Gasteiger partial charge on any atom is 0.237 e. The number of fused-ring (bicyclic) bond motifs is 1. The molecule has 0 saturated heterocycles. The van der Waals surface area contributed by atoms with Crippen LogP contribution in [0.1, 0.15) is 39.4 Å². The molecule has 0 bridgehead atoms. The van der Waals surface area contributed by atoms with E-state index in [0.29, 0.717) is 12.4 Å². The Labute approximate surface area is 98.9 Å². The molecule has 1 aromatic rings. The molecule has 1 aliphatic heterocycles. The summed E-state index contributed by atoms with van der Waals surface area (Å²) in [7, 11) is 0. The van der Waals surface area contributed by atoms with Gasteiger partial charge in [-0.1, -0.05) is 0 Å². The van der Waals surface area contributed by atoms with Gasteiger partial charge < -0.3 is 4.74 Å². The summed E-state index contributed by atoms with van der Waals surface area (Å²) in [5.41, 5.74) is 1.39. The molecule has 0 amide bonds. The van der Waals surface area contributed by atoms with E-state index in [9.17, 15) is 4.79 Å². The second-order valence-corrected chi connectivity index (χ2v) is 5.44. The van der Waals surface area contributed by atoms with Crippen LogP contribution in [0.25, 0.3) is 0 Å². The van der Waals surface area contributed by atoms with Crippen molar-refractivity contribution in [2.75, 3.05) is 6.61 Å². The summed E-state index contributed by atoms with van der Waals surface area (Å²) in [6.45, 7) is 0.659. The fourth-order valence-electron chi connectivity index (χ4n) is 2.30. The zero-order chi connectivity index (χ0) is 11.0. The van der Waals surface area contributed by atoms with E-state index < -0.39 is 0 Å². The van der Waals surface area contributed by atoms with Gasteiger partial charge in [-0.25, -0.2) is 0 Å². The first-order valence-corrected chi connectivity index (χ1v) is 6.65. The van der Waals surface area contributed by atoms with E-state index in [-0.39, 0.29) is 5.78 Å². The SMILES string of the molecule is O=C(C1=CCCO1)c1cc2c(s1)CCCC2. The summed E-state index contributed by atoms with van der Waals surface area (Å²) < 4.78 is 5.32. The van der Waals surface area contributed by atoms with Crippen LogP contribution in [0.3, 0.4) is 0 Å². The van der Waals surface area contributed by atoms with Gasteiger partial charge in [0.05, 0.1) is 11.5 Å². The normalized spacial score (nSPS) is 18.9. The summed E-state index contributed by atoms with van der Waals surface area (Å²) >= 11 is 1.66. The molecule has 0 aromatic carbocycles. The topological polar surface area (TPSA) is 26.3 Å². The lowest BCUT2D eigenvalue weighted by molar-refractivity contribution is 0.0946. The average Bonchev–Trinajstić information content (AvgIpc) is 2.97. The quantitative estimate of drug-likeness (QED) is 0.735. The zero-order valence-corrected chi connectivity index (χ0v) is 9.94. The lowest BCUT2D eigenvalue weighted by Gasteiger charge is -2.08. The van der Waals surface area contributed by atoms with E-state index in [1.165, 1.54) is 23.3 Å². The van der Waals surface area contributed by atoms with Gasteiger partial charge in [0.15, 0.2) is 5.76 Å². The predicted octanol–water partition coefficient (Wildman–Crippen LogP) is 3.11. The molecule has 0 N–H and O–H groups in total. The number of carbonyl (C=O) groups is 1. The Morgan fingerprint density at radius 1 is 1.31 bits per heavy atom. The summed E-state index contributed by atoms with van der Waals surface area (Å²) in [6, 6.07) is 2.07. The third-order valence-corrected chi connectivity index (χ3v) is 4.39. The van der Waals surface area contributed by atoms with Crippen molar-refractivity contribution < 1.29 is 9.53 Å². The number of allylic oxidation sites excluding steroid dienone is 1. The molecule has 2 aliphatic rings. The number of carbonyl (C=O) groups excluding carboxylic acids is 1. The molecule has 3 rings (SSSR count). The van der Waals surface area contributed by atoms with Crippen LogP contribution in [0.4, 0.5) is 0 Å². The summed E-state index contributed by atoms with van der Waals surface area (Å²) in [5.74, 6) is 0.635. The molecule has 0 radical (unpaired) electrons. The Balaban J connectivity index is 1.89. The van der Waals surface area contributed by atoms with Crippen LogP contribution in [-0.2, 0) is 17.6 Å². The standard InChI is InChI=1S/C13H14O2S/c14-13(10-5-3-7-15-10)12-8-9-4-1-2-6-11(9)16-12/h5,8H,1-4,6-7H2. The third-order valence-electron chi connectivity index (χ3n) is 3.15. The van der Waals surface area contributed by atoms with Gasteiger partial charge in [0.1, 0.15) is 0 Å². The van der Waals surface area contributed by atoms with Crippen LogP contribution in [0.5, 0.6) is 0 Å². The predicted molar refractivity (Wildman–Crippen MR) is 63.9 cm³/mol. The van der Waals surface area contributed by atoms with E-state index in [1.807, 2.05) is 6.08 Å². The van der Waals surface area contributed by atoms with Crippen molar-refractivity contribution >= 4 is 17.1 Å². The van der Waals surface area contributed by atoms with E-state index in [4.69, 9.17) is 4.74 Å². The zero-order valence-electron chi connectivity index (χ0n) is 9.12. The number of hydrogen-bond acceptors (Lipinski definition) is 3. The highest BCUT2D eigenvalue weighted by atomic mass is 32.1. The van der Waals surface area contributed by atoms with Gasteiger partial charge in [-0.2, -0.15) is 0 Å². The number of ketones is 1. The maximum atomic E-state index is 12.1. The van der Waals surface area contributed by atoms with Crippen LogP contribution in [0, 0.1) is 0 Å². The van der Waals surface area contributed by atoms with Crippen LogP contribution in [0.2, 0.25) is 0 Å². The third kappa shape index (κ3) is 1.69. The Kier molecular flexibility index (Phi) is 2.56. The van der Waals surface area contributed by atoms with E-state index >= 15 is 0 Å². The Morgan fingerprint density at radius 3 is 2.94 bits per heavy atom. The molecule has 1 aromatic heterocycles. The first-order chi connectivity index (χ1) is 7.84. The molecular weight excluding hydrogens is 220 g/mol. The van der Waals surface area contributed by atoms with E-state index in [0.717, 1.165) is 24.1 Å². The fraction of sp³-hybridized carbons (Fsp3) is 0.462. The molecule has 3 heteroatoms. The minimum Gasteiger partial charge on any atom is -0.489 e. The first-order valence-electron chi connectivity index (χ1n) is 5.84. The minimum atomic E-state index is 0.0805. The molecule has 0 atom stereocenters. The minimum absolute atomic E-state index is 0.0805. The van der Waals surface area contributed by atoms with Crippen molar-refractivity contribution in [3.05, 3.63) is 33.2 Å². The first kappa shape index (κ1) is 10.1. The number of Topliss-reactive ketones (excluding diaryl/α,β-unsaturated/α-hetero) is 1. The highest BCUT2D eigenvalue weighted by Gasteiger charge is 2.22. The van der Waals surface area contributed by atoms with Crippen molar-refractivity contribution in [2.24, 2.45) is 0 Å². The summed E-state index contributed by atoms with van der Waals surface area (Å²) in [4.78, 5) is 14.4. The highest BCUT2D eigenvalue weighted by Crippen LogP contribution is 2.31. The Bertz CT molecular complexity index is 433. The van der Waals surface area contributed by atoms with Crippen molar-refractivity contribution in [1.82, 2.24) is 0 Å². The van der Waals surface area contributed by atoms with Crippen LogP contribution in [0.15, 0.2) is 17.9 Å². The van der Waals surface area contributed by atoms with Gasteiger partial charge in [-0.3, -0.25) is 4.79 Å². The second kappa shape index (κ2) is 4.06. The van der Waals surface area contributed by atoms with Gasteiger partial charge in [-0.15, -0.1) is 11.3 Å². The van der Waals surface area contributed by atoms with Crippen molar-refractivity contribution in [3.63, 3.8) is 0 Å². The lowest BCUT2D eigenvalue weighted by Crippen LogP contribution is -2.01. The average molecular weight is 234 g/mol. The van der Waals surface area contributed by atoms with Gasteiger partial charge in [-0.05, 0) is 43.4 Å². The molecule has 0 fully saturated rings. The van der Waals surface area contributed by atoms with Crippen molar-refractivity contribution in [1.29, 1.82) is 0 Å². The number of hydrogen-bond donors (Lipinski definition) is 0. The highest BCUT2D eigenvalue weighted by molar-refractivity contribution is 7.14. The number of rotatable bonds is 2. The number of aryl methyl sites for hydroxylation is 2. The van der Waals surface area contributed by atoms with E-state index in [2.05, 4.69) is 6.07 Å². The molecule has 1 aliphatic carbocycles. The Hall–Kier alpha value is -1.09. The summed E-state index contributed by atoms with van der Waals surface area (Å²) in [5, 5.41) is 0. The molecule has 2 nitrogen and oxygen atoms in total. The van der Waals surface area contributed by atoms with Gasteiger partial charge in [0, 0.05) is 11.3 Å². The van der Waals surface area contributed by atoms with Crippen molar-refractivity contribution in [2.45, 2.75) is 32.1 Å². The summed E-state index contributed by atoms with van der Waals surface area (Å²) in [6.07, 6.45) is 7.58. The molecule has 0 spiro atoms. The maximum absolute atomic E-state index is 12.1. The second-order valence-electron chi connectivity index (χ2n) is 4.30. The number of thiophene rings is 1. The van der Waals surface area contributed by atoms with Gasteiger partial charge >= 0.3 is 0 Å². The molecular formula is C13H14O2S. The lowest BCUT2D eigenvalue weighted by atomic mass is 9.99. The fourth-order valence-corrected chi connectivity index (χ4v) is 3.50. The monoisotopic (exact) mass is 234 g/mol. The Morgan fingerprint density at radius 2 is 2.19 bits per heavy atom. The van der Waals surface area contributed by atoms with Crippen LogP contribution in [-0.4, -0.2) is 12.4 Å². The van der Waals surface area contributed by atoms with Crippen LogP contribution < -0.4 is 0 Å². The smallest absolute Gasteiger partial charge is 0.237 e. The number of ether oxygens (including phenoxy) is 1. The molecule has 16 heavy (non-hydrogen) atoms.